The van der Waals surface area contributed by atoms with Crippen LogP contribution in [-0.2, 0) is 6.54 Å². The third-order valence-electron chi connectivity index (χ3n) is 5.77. The summed E-state index contributed by atoms with van der Waals surface area (Å²) in [4.78, 5) is 9.32. The van der Waals surface area contributed by atoms with Gasteiger partial charge in [-0.3, -0.25) is 9.88 Å². The summed E-state index contributed by atoms with van der Waals surface area (Å²) in [5.41, 5.74) is 6.82. The van der Waals surface area contributed by atoms with Gasteiger partial charge in [-0.05, 0) is 66.4 Å². The molecule has 4 rings (SSSR count). The number of rotatable bonds is 5. The molecule has 3 aromatic rings. The molecule has 1 aliphatic rings. The first-order chi connectivity index (χ1) is 14.5. The fourth-order valence-electron chi connectivity index (χ4n) is 4.23. The minimum absolute atomic E-state index is 0.219. The van der Waals surface area contributed by atoms with Crippen molar-refractivity contribution < 1.29 is 9.13 Å². The number of hydrogen-bond donors (Lipinski definition) is 0. The van der Waals surface area contributed by atoms with Crippen molar-refractivity contribution >= 4 is 5.69 Å². The second kappa shape index (κ2) is 8.84. The number of halogens is 1. The smallest absolute Gasteiger partial charge is 0.124 e. The molecular formula is C25H28FN3O. The van der Waals surface area contributed by atoms with Gasteiger partial charge in [-0.1, -0.05) is 12.1 Å². The number of nitrogens with zero attached hydrogens (tertiary/aromatic N) is 3. The zero-order valence-corrected chi connectivity index (χ0v) is 17.9. The number of ether oxygens (including phenoxy) is 1. The highest BCUT2D eigenvalue weighted by Crippen LogP contribution is 2.29. The first kappa shape index (κ1) is 20.4. The minimum Gasteiger partial charge on any atom is -0.496 e. The highest BCUT2D eigenvalue weighted by atomic mass is 19.1. The van der Waals surface area contributed by atoms with Gasteiger partial charge >= 0.3 is 0 Å². The van der Waals surface area contributed by atoms with E-state index in [9.17, 15) is 4.39 Å². The van der Waals surface area contributed by atoms with Crippen LogP contribution in [0.4, 0.5) is 10.1 Å². The Balaban J connectivity index is 1.40. The molecule has 0 amide bonds. The maximum atomic E-state index is 13.2. The summed E-state index contributed by atoms with van der Waals surface area (Å²) in [7, 11) is 1.73. The van der Waals surface area contributed by atoms with Crippen molar-refractivity contribution in [2.45, 2.75) is 20.4 Å². The molecule has 0 atom stereocenters. The van der Waals surface area contributed by atoms with Gasteiger partial charge in [0, 0.05) is 56.4 Å². The zero-order chi connectivity index (χ0) is 21.1. The number of piperazine rings is 1. The minimum atomic E-state index is -0.219. The van der Waals surface area contributed by atoms with E-state index in [1.54, 1.807) is 19.2 Å². The van der Waals surface area contributed by atoms with E-state index >= 15 is 0 Å². The maximum absolute atomic E-state index is 13.2. The first-order valence-corrected chi connectivity index (χ1v) is 10.4. The van der Waals surface area contributed by atoms with Crippen molar-refractivity contribution in [3.8, 4) is 16.9 Å². The molecule has 1 saturated heterocycles. The van der Waals surface area contributed by atoms with E-state index in [-0.39, 0.29) is 5.82 Å². The molecule has 0 N–H and O–H groups in total. The number of aromatic nitrogens is 1. The van der Waals surface area contributed by atoms with Gasteiger partial charge in [-0.25, -0.2) is 4.39 Å². The number of pyridine rings is 1. The highest BCUT2D eigenvalue weighted by molar-refractivity contribution is 5.63. The number of hydrogen-bond acceptors (Lipinski definition) is 4. The molecule has 156 valence electrons. The summed E-state index contributed by atoms with van der Waals surface area (Å²) < 4.78 is 18.7. The number of benzene rings is 2. The molecule has 1 aromatic heterocycles. The molecule has 0 saturated carbocycles. The van der Waals surface area contributed by atoms with Gasteiger partial charge in [-0.2, -0.15) is 0 Å². The Morgan fingerprint density at radius 2 is 1.57 bits per heavy atom. The summed E-state index contributed by atoms with van der Waals surface area (Å²) in [6.45, 7) is 9.08. The molecule has 4 nitrogen and oxygen atoms in total. The second-order valence-corrected chi connectivity index (χ2v) is 7.96. The third-order valence-corrected chi connectivity index (χ3v) is 5.77. The monoisotopic (exact) mass is 405 g/mol. The normalized spacial score (nSPS) is 14.7. The van der Waals surface area contributed by atoms with Gasteiger partial charge in [0.1, 0.15) is 11.6 Å². The van der Waals surface area contributed by atoms with Crippen LogP contribution in [0.25, 0.3) is 11.1 Å². The summed E-state index contributed by atoms with van der Waals surface area (Å²) in [5, 5.41) is 0. The van der Waals surface area contributed by atoms with Gasteiger partial charge in [0.05, 0.1) is 7.11 Å². The Kier molecular flexibility index (Phi) is 6.00. The lowest BCUT2D eigenvalue weighted by Gasteiger charge is -2.36. The van der Waals surface area contributed by atoms with E-state index in [2.05, 4.69) is 46.8 Å². The van der Waals surface area contributed by atoms with Crippen molar-refractivity contribution in [3.63, 3.8) is 0 Å². The molecule has 0 spiro atoms. The largest absolute Gasteiger partial charge is 0.496 e. The maximum Gasteiger partial charge on any atom is 0.124 e. The van der Waals surface area contributed by atoms with E-state index < -0.39 is 0 Å². The Hall–Kier alpha value is -2.92. The molecule has 5 heteroatoms. The van der Waals surface area contributed by atoms with Crippen LogP contribution in [0.15, 0.2) is 54.9 Å². The molecule has 0 aliphatic carbocycles. The summed E-state index contributed by atoms with van der Waals surface area (Å²) in [6.07, 6.45) is 3.76. The van der Waals surface area contributed by atoms with Crippen molar-refractivity contribution in [2.75, 3.05) is 38.2 Å². The lowest BCUT2D eigenvalue weighted by atomic mass is 10.1. The van der Waals surface area contributed by atoms with E-state index in [1.165, 1.54) is 34.5 Å². The Morgan fingerprint density at radius 3 is 2.20 bits per heavy atom. The summed E-state index contributed by atoms with van der Waals surface area (Å²) in [5.74, 6) is 0.758. The lowest BCUT2D eigenvalue weighted by molar-refractivity contribution is 0.249. The van der Waals surface area contributed by atoms with Crippen LogP contribution in [0.2, 0.25) is 0 Å². The topological polar surface area (TPSA) is 28.6 Å². The molecule has 0 bridgehead atoms. The summed E-state index contributed by atoms with van der Waals surface area (Å²) in [6, 6.07) is 13.2. The van der Waals surface area contributed by atoms with Gasteiger partial charge < -0.3 is 9.64 Å². The quantitative estimate of drug-likeness (QED) is 0.608. The van der Waals surface area contributed by atoms with Crippen molar-refractivity contribution in [1.82, 2.24) is 9.88 Å². The first-order valence-electron chi connectivity index (χ1n) is 10.4. The van der Waals surface area contributed by atoms with Crippen LogP contribution in [0.3, 0.4) is 0 Å². The average molecular weight is 406 g/mol. The van der Waals surface area contributed by atoms with E-state index in [0.717, 1.165) is 49.6 Å². The van der Waals surface area contributed by atoms with E-state index in [0.29, 0.717) is 0 Å². The predicted molar refractivity (Wildman–Crippen MR) is 120 cm³/mol. The molecular weight excluding hydrogens is 377 g/mol. The highest BCUT2D eigenvalue weighted by Gasteiger charge is 2.19. The van der Waals surface area contributed by atoms with Gasteiger partial charge in [-0.15, -0.1) is 0 Å². The third kappa shape index (κ3) is 4.46. The van der Waals surface area contributed by atoms with Gasteiger partial charge in [0.15, 0.2) is 0 Å². The Labute approximate surface area is 177 Å². The Morgan fingerprint density at radius 1 is 0.900 bits per heavy atom. The molecule has 0 radical (unpaired) electrons. The zero-order valence-electron chi connectivity index (χ0n) is 17.9. The predicted octanol–water partition coefficient (Wildman–Crippen LogP) is 4.84. The average Bonchev–Trinajstić information content (AvgIpc) is 2.75. The Bertz CT molecular complexity index is 988. The lowest BCUT2D eigenvalue weighted by Crippen LogP contribution is -2.46. The van der Waals surface area contributed by atoms with Crippen LogP contribution in [0.1, 0.15) is 16.7 Å². The fraction of sp³-hybridized carbons (Fsp3) is 0.320. The van der Waals surface area contributed by atoms with Gasteiger partial charge in [0.2, 0.25) is 0 Å². The molecule has 2 aromatic carbocycles. The van der Waals surface area contributed by atoms with Crippen LogP contribution >= 0.6 is 0 Å². The van der Waals surface area contributed by atoms with E-state index in [4.69, 9.17) is 4.74 Å². The number of anilines is 1. The van der Waals surface area contributed by atoms with Crippen molar-refractivity contribution in [2.24, 2.45) is 0 Å². The summed E-state index contributed by atoms with van der Waals surface area (Å²) >= 11 is 0. The number of methoxy groups -OCH3 is 1. The van der Waals surface area contributed by atoms with Crippen molar-refractivity contribution in [3.05, 3.63) is 77.4 Å². The van der Waals surface area contributed by atoms with Crippen LogP contribution in [-0.4, -0.2) is 43.2 Å². The molecule has 0 unspecified atom stereocenters. The number of aryl methyl sites for hydroxylation is 2. The van der Waals surface area contributed by atoms with Crippen molar-refractivity contribution in [1.29, 1.82) is 0 Å². The second-order valence-electron chi connectivity index (χ2n) is 7.96. The molecule has 1 aliphatic heterocycles. The fourth-order valence-corrected chi connectivity index (χ4v) is 4.23. The van der Waals surface area contributed by atoms with Crippen LogP contribution in [0, 0.1) is 19.7 Å². The van der Waals surface area contributed by atoms with Crippen LogP contribution in [0.5, 0.6) is 5.75 Å². The van der Waals surface area contributed by atoms with Crippen LogP contribution < -0.4 is 9.64 Å². The molecule has 2 heterocycles. The molecule has 30 heavy (non-hydrogen) atoms. The van der Waals surface area contributed by atoms with E-state index in [1.807, 2.05) is 12.4 Å². The van der Waals surface area contributed by atoms with Gasteiger partial charge in [0.25, 0.3) is 0 Å². The molecule has 1 fully saturated rings. The SMILES string of the molecule is COc1c(C)cc(N2CCN(Cc3cncc(-c4ccc(F)cc4)c3)CC2)cc1C. The standard InChI is InChI=1S/C25H28FN3O/c1-18-12-24(13-19(2)25(18)30-3)29-10-8-28(9-11-29)17-20-14-22(16-27-15-20)21-4-6-23(26)7-5-21/h4-7,12-16H,8-11,17H2,1-3H3.